The molecule has 1 saturated heterocycles. The van der Waals surface area contributed by atoms with Gasteiger partial charge in [0.15, 0.2) is 0 Å². The molecule has 1 aromatic heterocycles. The number of nitrogens with zero attached hydrogens (tertiary/aromatic N) is 3. The van der Waals surface area contributed by atoms with Crippen molar-refractivity contribution < 1.29 is 9.59 Å². The zero-order chi connectivity index (χ0) is 14.7. The van der Waals surface area contributed by atoms with E-state index in [9.17, 15) is 9.59 Å². The fourth-order valence-electron chi connectivity index (χ4n) is 2.30. The third-order valence-corrected chi connectivity index (χ3v) is 3.46. The van der Waals surface area contributed by atoms with Crippen LogP contribution in [0.25, 0.3) is 5.69 Å². The van der Waals surface area contributed by atoms with Gasteiger partial charge in [-0.25, -0.2) is 9.67 Å². The maximum absolute atomic E-state index is 12.3. The zero-order valence-electron chi connectivity index (χ0n) is 11.3. The lowest BCUT2D eigenvalue weighted by atomic mass is 9.98. The first-order valence-corrected chi connectivity index (χ1v) is 6.75. The number of para-hydroxylation sites is 2. The van der Waals surface area contributed by atoms with Crippen LogP contribution in [0, 0.1) is 5.92 Å². The van der Waals surface area contributed by atoms with Crippen molar-refractivity contribution in [2.24, 2.45) is 5.92 Å². The number of aromatic nitrogens is 3. The van der Waals surface area contributed by atoms with Gasteiger partial charge < -0.3 is 10.6 Å². The molecule has 2 amide bonds. The summed E-state index contributed by atoms with van der Waals surface area (Å²) in [6, 6.07) is 7.38. The average Bonchev–Trinajstić information content (AvgIpc) is 3.02. The molecule has 7 nitrogen and oxygen atoms in total. The highest BCUT2D eigenvalue weighted by Gasteiger charge is 2.25. The fraction of sp³-hybridized carbons (Fsp3) is 0.286. The van der Waals surface area contributed by atoms with Crippen LogP contribution in [0.1, 0.15) is 12.8 Å². The molecule has 1 atom stereocenters. The Kier molecular flexibility index (Phi) is 3.63. The van der Waals surface area contributed by atoms with Gasteiger partial charge in [0.25, 0.3) is 0 Å². The van der Waals surface area contributed by atoms with Gasteiger partial charge in [-0.3, -0.25) is 9.59 Å². The normalized spacial score (nSPS) is 18.1. The van der Waals surface area contributed by atoms with Crippen LogP contribution in [0.5, 0.6) is 0 Å². The van der Waals surface area contributed by atoms with Gasteiger partial charge in [-0.15, -0.1) is 0 Å². The number of carbonyl (C=O) groups is 2. The molecule has 1 aromatic carbocycles. The van der Waals surface area contributed by atoms with Gasteiger partial charge in [0.05, 0.1) is 17.3 Å². The van der Waals surface area contributed by atoms with Gasteiger partial charge >= 0.3 is 0 Å². The maximum atomic E-state index is 12.3. The molecule has 0 radical (unpaired) electrons. The van der Waals surface area contributed by atoms with Crippen LogP contribution in [0.15, 0.2) is 36.9 Å². The summed E-state index contributed by atoms with van der Waals surface area (Å²) in [5.41, 5.74) is 1.42. The van der Waals surface area contributed by atoms with E-state index in [0.717, 1.165) is 5.69 Å². The molecule has 2 N–H and O–H groups in total. The Morgan fingerprint density at radius 2 is 2.24 bits per heavy atom. The van der Waals surface area contributed by atoms with Crippen molar-refractivity contribution in [2.75, 3.05) is 11.9 Å². The average molecular weight is 285 g/mol. The van der Waals surface area contributed by atoms with Crippen molar-refractivity contribution in [1.29, 1.82) is 0 Å². The van der Waals surface area contributed by atoms with Gasteiger partial charge in [0.1, 0.15) is 12.7 Å². The van der Waals surface area contributed by atoms with Crippen LogP contribution >= 0.6 is 0 Å². The molecule has 1 unspecified atom stereocenters. The van der Waals surface area contributed by atoms with Gasteiger partial charge in [-0.05, 0) is 18.6 Å². The van der Waals surface area contributed by atoms with Crippen LogP contribution in [-0.2, 0) is 9.59 Å². The fourth-order valence-corrected chi connectivity index (χ4v) is 2.30. The molecule has 0 bridgehead atoms. The summed E-state index contributed by atoms with van der Waals surface area (Å²) in [6.07, 6.45) is 3.98. The molecule has 2 heterocycles. The number of benzene rings is 1. The van der Waals surface area contributed by atoms with Crippen LogP contribution in [0.2, 0.25) is 0 Å². The first kappa shape index (κ1) is 13.3. The number of rotatable bonds is 3. The lowest BCUT2D eigenvalue weighted by Crippen LogP contribution is -2.40. The number of hydrogen-bond acceptors (Lipinski definition) is 4. The molecular formula is C14H15N5O2. The van der Waals surface area contributed by atoms with Crippen LogP contribution < -0.4 is 10.6 Å². The maximum Gasteiger partial charge on any atom is 0.229 e. The van der Waals surface area contributed by atoms with Crippen molar-refractivity contribution in [1.82, 2.24) is 20.1 Å². The second-order valence-corrected chi connectivity index (χ2v) is 4.89. The standard InChI is InChI=1S/C14H15N5O2/c20-13-6-5-10(7-16-13)14(21)18-11-3-1-2-4-12(11)19-9-15-8-17-19/h1-4,8-10H,5-7H2,(H,16,20)(H,18,21). The van der Waals surface area contributed by atoms with E-state index in [1.165, 1.54) is 6.33 Å². The number of hydrogen-bond donors (Lipinski definition) is 2. The summed E-state index contributed by atoms with van der Waals surface area (Å²) in [4.78, 5) is 27.3. The minimum atomic E-state index is -0.202. The monoisotopic (exact) mass is 285 g/mol. The van der Waals surface area contributed by atoms with Gasteiger partial charge in [0, 0.05) is 13.0 Å². The molecule has 1 aliphatic rings. The molecule has 0 spiro atoms. The topological polar surface area (TPSA) is 88.9 Å². The molecule has 3 rings (SSSR count). The molecular weight excluding hydrogens is 270 g/mol. The quantitative estimate of drug-likeness (QED) is 0.870. The number of carbonyl (C=O) groups excluding carboxylic acids is 2. The summed E-state index contributed by atoms with van der Waals surface area (Å²) in [5.74, 6) is -0.295. The van der Waals surface area contributed by atoms with Crippen molar-refractivity contribution >= 4 is 17.5 Å². The highest BCUT2D eigenvalue weighted by molar-refractivity contribution is 5.95. The van der Waals surface area contributed by atoms with Gasteiger partial charge in [-0.1, -0.05) is 12.1 Å². The molecule has 1 aliphatic heterocycles. The van der Waals surface area contributed by atoms with E-state index in [-0.39, 0.29) is 17.7 Å². The summed E-state index contributed by atoms with van der Waals surface area (Å²) < 4.78 is 1.60. The van der Waals surface area contributed by atoms with E-state index >= 15 is 0 Å². The third-order valence-electron chi connectivity index (χ3n) is 3.46. The Labute approximate surface area is 121 Å². The van der Waals surface area contributed by atoms with Crippen LogP contribution in [0.3, 0.4) is 0 Å². The lowest BCUT2D eigenvalue weighted by molar-refractivity contribution is -0.126. The van der Waals surface area contributed by atoms with Crippen molar-refractivity contribution in [3.05, 3.63) is 36.9 Å². The Balaban J connectivity index is 1.76. The van der Waals surface area contributed by atoms with Crippen molar-refractivity contribution in [3.63, 3.8) is 0 Å². The first-order valence-electron chi connectivity index (χ1n) is 6.75. The van der Waals surface area contributed by atoms with Crippen molar-refractivity contribution in [2.45, 2.75) is 12.8 Å². The van der Waals surface area contributed by atoms with Crippen molar-refractivity contribution in [3.8, 4) is 5.69 Å². The Morgan fingerprint density at radius 1 is 1.38 bits per heavy atom. The second-order valence-electron chi connectivity index (χ2n) is 4.89. The van der Waals surface area contributed by atoms with Gasteiger partial charge in [-0.2, -0.15) is 5.10 Å². The first-order chi connectivity index (χ1) is 10.2. The summed E-state index contributed by atoms with van der Waals surface area (Å²) >= 11 is 0. The minimum absolute atomic E-state index is 0.00191. The zero-order valence-corrected chi connectivity index (χ0v) is 11.3. The van der Waals surface area contributed by atoms with E-state index < -0.39 is 0 Å². The van der Waals surface area contributed by atoms with Gasteiger partial charge in [0.2, 0.25) is 11.8 Å². The smallest absolute Gasteiger partial charge is 0.229 e. The number of amides is 2. The predicted molar refractivity (Wildman–Crippen MR) is 75.7 cm³/mol. The highest BCUT2D eigenvalue weighted by atomic mass is 16.2. The molecule has 0 aliphatic carbocycles. The van der Waals surface area contributed by atoms with E-state index in [4.69, 9.17) is 0 Å². The number of anilines is 1. The summed E-state index contributed by atoms with van der Waals surface area (Å²) in [6.45, 7) is 0.385. The largest absolute Gasteiger partial charge is 0.355 e. The van der Waals surface area contributed by atoms with E-state index in [0.29, 0.717) is 25.1 Å². The SMILES string of the molecule is O=C1CCC(C(=O)Nc2ccccc2-n2cncn2)CN1. The Hall–Kier alpha value is -2.70. The van der Waals surface area contributed by atoms with E-state index in [2.05, 4.69) is 20.7 Å². The Morgan fingerprint density at radius 3 is 2.95 bits per heavy atom. The summed E-state index contributed by atoms with van der Waals surface area (Å²) in [5, 5.41) is 9.69. The van der Waals surface area contributed by atoms with E-state index in [1.807, 2.05) is 24.3 Å². The lowest BCUT2D eigenvalue weighted by Gasteiger charge is -2.22. The van der Waals surface area contributed by atoms with Crippen LogP contribution in [0.4, 0.5) is 5.69 Å². The highest BCUT2D eigenvalue weighted by Crippen LogP contribution is 2.21. The molecule has 2 aromatic rings. The molecule has 1 fully saturated rings. The number of nitrogens with one attached hydrogen (secondary N) is 2. The third kappa shape index (κ3) is 2.91. The summed E-state index contributed by atoms with van der Waals surface area (Å²) in [7, 11) is 0. The van der Waals surface area contributed by atoms with Crippen LogP contribution in [-0.4, -0.2) is 33.1 Å². The predicted octanol–water partition coefficient (Wildman–Crippen LogP) is 0.732. The molecule has 7 heteroatoms. The molecule has 0 saturated carbocycles. The Bertz CT molecular complexity index is 643. The number of piperidine rings is 1. The molecule has 21 heavy (non-hydrogen) atoms. The molecule has 108 valence electrons. The van der Waals surface area contributed by atoms with E-state index in [1.54, 1.807) is 11.0 Å². The minimum Gasteiger partial charge on any atom is -0.355 e. The second kappa shape index (κ2) is 5.74.